The van der Waals surface area contributed by atoms with E-state index in [1.54, 1.807) is 14.1 Å². The minimum atomic E-state index is -4.46. The molecule has 2 fully saturated rings. The lowest BCUT2D eigenvalue weighted by Crippen LogP contribution is -2.28. The quantitative estimate of drug-likeness (QED) is 0.890. The third-order valence-electron chi connectivity index (χ3n) is 4.10. The van der Waals surface area contributed by atoms with E-state index >= 15 is 0 Å². The van der Waals surface area contributed by atoms with Gasteiger partial charge in [-0.15, -0.1) is 0 Å². The van der Waals surface area contributed by atoms with Crippen molar-refractivity contribution in [3.8, 4) is 0 Å². The fourth-order valence-electron chi connectivity index (χ4n) is 2.97. The Hall–Kier alpha value is -1.57. The summed E-state index contributed by atoms with van der Waals surface area (Å²) in [5, 5.41) is 3.31. The van der Waals surface area contributed by atoms with Crippen molar-refractivity contribution in [1.29, 1.82) is 0 Å². The number of rotatable bonds is 2. The monoisotopic (exact) mass is 301 g/mol. The molecule has 21 heavy (non-hydrogen) atoms. The molecule has 0 spiro atoms. The molecule has 0 aliphatic carbocycles. The molecule has 0 bridgehead atoms. The Morgan fingerprint density at radius 1 is 1.19 bits per heavy atom. The van der Waals surface area contributed by atoms with Crippen LogP contribution in [-0.2, 0) is 6.18 Å². The lowest BCUT2D eigenvalue weighted by Gasteiger charge is -2.22. The van der Waals surface area contributed by atoms with Crippen LogP contribution in [0.15, 0.2) is 6.07 Å². The summed E-state index contributed by atoms with van der Waals surface area (Å²) in [6.45, 7) is 3.36. The van der Waals surface area contributed by atoms with E-state index in [2.05, 4.69) is 15.3 Å². The minimum Gasteiger partial charge on any atom is -0.356 e. The highest BCUT2D eigenvalue weighted by molar-refractivity contribution is 5.47. The van der Waals surface area contributed by atoms with Gasteiger partial charge in [-0.3, -0.25) is 0 Å². The Bertz CT molecular complexity index is 519. The number of anilines is 2. The first-order valence-electron chi connectivity index (χ1n) is 6.94. The van der Waals surface area contributed by atoms with Gasteiger partial charge in [0.2, 0.25) is 5.95 Å². The molecule has 0 saturated carbocycles. The predicted octanol–water partition coefficient (Wildman–Crippen LogP) is 1.22. The average molecular weight is 301 g/mol. The van der Waals surface area contributed by atoms with Crippen molar-refractivity contribution in [1.82, 2.24) is 15.3 Å². The predicted molar refractivity (Wildman–Crippen MR) is 73.4 cm³/mol. The largest absolute Gasteiger partial charge is 0.433 e. The highest BCUT2D eigenvalue weighted by Gasteiger charge is 2.39. The molecule has 2 unspecified atom stereocenters. The van der Waals surface area contributed by atoms with Gasteiger partial charge in [-0.2, -0.15) is 18.2 Å². The molecule has 3 rings (SSSR count). The Kier molecular flexibility index (Phi) is 3.43. The van der Waals surface area contributed by atoms with Gasteiger partial charge in [0, 0.05) is 46.3 Å². The molecule has 2 aliphatic heterocycles. The molecule has 2 atom stereocenters. The first-order chi connectivity index (χ1) is 9.84. The van der Waals surface area contributed by atoms with Gasteiger partial charge in [0.25, 0.3) is 0 Å². The van der Waals surface area contributed by atoms with Crippen molar-refractivity contribution in [3.63, 3.8) is 0 Å². The van der Waals surface area contributed by atoms with E-state index in [0.717, 1.165) is 32.2 Å². The SMILES string of the molecule is CN(C)c1nc(N2CC3CNCC3C2)cc(C(F)(F)F)n1. The topological polar surface area (TPSA) is 44.3 Å². The number of nitrogens with zero attached hydrogens (tertiary/aromatic N) is 4. The second-order valence-corrected chi connectivity index (χ2v) is 5.89. The van der Waals surface area contributed by atoms with Gasteiger partial charge in [-0.05, 0) is 11.8 Å². The van der Waals surface area contributed by atoms with Gasteiger partial charge in [0.1, 0.15) is 5.82 Å². The van der Waals surface area contributed by atoms with Crippen LogP contribution in [0.4, 0.5) is 24.9 Å². The third kappa shape index (κ3) is 2.76. The first-order valence-corrected chi connectivity index (χ1v) is 6.94. The Labute approximate surface area is 121 Å². The summed E-state index contributed by atoms with van der Waals surface area (Å²) in [7, 11) is 3.28. The molecule has 3 heterocycles. The number of halogens is 3. The molecule has 8 heteroatoms. The first kappa shape index (κ1) is 14.4. The molecule has 5 nitrogen and oxygen atoms in total. The molecule has 2 aliphatic rings. The van der Waals surface area contributed by atoms with Crippen LogP contribution in [0.3, 0.4) is 0 Å². The molecule has 1 aromatic rings. The normalized spacial score (nSPS) is 25.3. The highest BCUT2D eigenvalue weighted by atomic mass is 19.4. The summed E-state index contributed by atoms with van der Waals surface area (Å²) in [6.07, 6.45) is -4.46. The van der Waals surface area contributed by atoms with Crippen LogP contribution in [0.1, 0.15) is 5.69 Å². The zero-order valence-corrected chi connectivity index (χ0v) is 12.0. The molecule has 1 aromatic heterocycles. The van der Waals surface area contributed by atoms with Crippen LogP contribution in [-0.4, -0.2) is 50.2 Å². The van der Waals surface area contributed by atoms with Crippen LogP contribution < -0.4 is 15.1 Å². The summed E-state index contributed by atoms with van der Waals surface area (Å²) in [4.78, 5) is 11.3. The van der Waals surface area contributed by atoms with Crippen LogP contribution >= 0.6 is 0 Å². The Morgan fingerprint density at radius 3 is 2.33 bits per heavy atom. The summed E-state index contributed by atoms with van der Waals surface area (Å²) < 4.78 is 39.0. The number of alkyl halides is 3. The zero-order valence-electron chi connectivity index (χ0n) is 12.0. The standard InChI is InChI=1S/C13H18F3N5/c1-20(2)12-18-10(13(14,15)16)3-11(19-12)21-6-8-4-17-5-9(8)7-21/h3,8-9,17H,4-7H2,1-2H3. The van der Waals surface area contributed by atoms with E-state index in [1.807, 2.05) is 4.90 Å². The molecule has 116 valence electrons. The number of aromatic nitrogens is 2. The van der Waals surface area contributed by atoms with Gasteiger partial charge in [0.05, 0.1) is 0 Å². The fourth-order valence-corrected chi connectivity index (χ4v) is 2.97. The summed E-state index contributed by atoms with van der Waals surface area (Å²) in [6, 6.07) is 1.06. The molecular formula is C13H18F3N5. The van der Waals surface area contributed by atoms with Crippen LogP contribution in [0.2, 0.25) is 0 Å². The number of nitrogens with one attached hydrogen (secondary N) is 1. The molecule has 0 amide bonds. The van der Waals surface area contributed by atoms with E-state index in [-0.39, 0.29) is 5.95 Å². The van der Waals surface area contributed by atoms with Gasteiger partial charge in [-0.25, -0.2) is 4.98 Å². The summed E-state index contributed by atoms with van der Waals surface area (Å²) in [5.41, 5.74) is -0.883. The lowest BCUT2D eigenvalue weighted by molar-refractivity contribution is -0.141. The van der Waals surface area contributed by atoms with E-state index in [0.29, 0.717) is 17.7 Å². The van der Waals surface area contributed by atoms with Crippen molar-refractivity contribution in [2.75, 3.05) is 50.1 Å². The Balaban J connectivity index is 1.92. The maximum absolute atomic E-state index is 13.0. The van der Waals surface area contributed by atoms with E-state index < -0.39 is 11.9 Å². The van der Waals surface area contributed by atoms with Gasteiger partial charge < -0.3 is 15.1 Å². The van der Waals surface area contributed by atoms with Crippen LogP contribution in [0.25, 0.3) is 0 Å². The maximum atomic E-state index is 13.0. The van der Waals surface area contributed by atoms with Gasteiger partial charge >= 0.3 is 6.18 Å². The maximum Gasteiger partial charge on any atom is 0.433 e. The lowest BCUT2D eigenvalue weighted by atomic mass is 10.0. The highest BCUT2D eigenvalue weighted by Crippen LogP contribution is 2.34. The minimum absolute atomic E-state index is 0.0926. The van der Waals surface area contributed by atoms with Crippen molar-refractivity contribution in [3.05, 3.63) is 11.8 Å². The third-order valence-corrected chi connectivity index (χ3v) is 4.10. The van der Waals surface area contributed by atoms with Crippen molar-refractivity contribution < 1.29 is 13.2 Å². The van der Waals surface area contributed by atoms with Crippen LogP contribution in [0.5, 0.6) is 0 Å². The van der Waals surface area contributed by atoms with Crippen LogP contribution in [0, 0.1) is 11.8 Å². The van der Waals surface area contributed by atoms with E-state index in [4.69, 9.17) is 0 Å². The summed E-state index contributed by atoms with van der Waals surface area (Å²) in [5.74, 6) is 1.46. The fraction of sp³-hybridized carbons (Fsp3) is 0.692. The number of hydrogen-bond acceptors (Lipinski definition) is 5. The zero-order chi connectivity index (χ0) is 15.2. The van der Waals surface area contributed by atoms with Gasteiger partial charge in [-0.1, -0.05) is 0 Å². The second-order valence-electron chi connectivity index (χ2n) is 5.89. The Morgan fingerprint density at radius 2 is 1.81 bits per heavy atom. The van der Waals surface area contributed by atoms with E-state index in [9.17, 15) is 13.2 Å². The summed E-state index contributed by atoms with van der Waals surface area (Å²) >= 11 is 0. The second kappa shape index (κ2) is 5.01. The molecule has 0 radical (unpaired) electrons. The van der Waals surface area contributed by atoms with Crippen molar-refractivity contribution >= 4 is 11.8 Å². The molecule has 2 saturated heterocycles. The number of hydrogen-bond donors (Lipinski definition) is 1. The molecular weight excluding hydrogens is 283 g/mol. The molecule has 1 N–H and O–H groups in total. The molecule has 0 aromatic carbocycles. The van der Waals surface area contributed by atoms with Crippen molar-refractivity contribution in [2.24, 2.45) is 11.8 Å². The van der Waals surface area contributed by atoms with Crippen molar-refractivity contribution in [2.45, 2.75) is 6.18 Å². The number of fused-ring (bicyclic) bond motifs is 1. The van der Waals surface area contributed by atoms with Gasteiger partial charge in [0.15, 0.2) is 5.69 Å². The average Bonchev–Trinajstić information content (AvgIpc) is 2.97. The van der Waals surface area contributed by atoms with E-state index in [1.165, 1.54) is 4.90 Å². The smallest absolute Gasteiger partial charge is 0.356 e.